The average Bonchev–Trinajstić information content (AvgIpc) is 3.24. The summed E-state index contributed by atoms with van der Waals surface area (Å²) < 4.78 is 7.71. The van der Waals surface area contributed by atoms with Crippen LogP contribution in [0.5, 0.6) is 0 Å². The van der Waals surface area contributed by atoms with E-state index in [9.17, 15) is 9.59 Å². The van der Waals surface area contributed by atoms with Crippen molar-refractivity contribution in [3.8, 4) is 0 Å². The fraction of sp³-hybridized carbons (Fsp3) is 0.167. The maximum absolute atomic E-state index is 13.9. The Morgan fingerprint density at radius 1 is 1.05 bits per heavy atom. The number of rotatable bonds is 6. The van der Waals surface area contributed by atoms with E-state index in [1.165, 1.54) is 11.3 Å². The summed E-state index contributed by atoms with van der Waals surface area (Å²) in [6.45, 7) is 4.03. The maximum Gasteiger partial charge on any atom is 0.338 e. The van der Waals surface area contributed by atoms with E-state index in [1.807, 2.05) is 98.1 Å². The number of aromatic nitrogens is 1. The topological polar surface area (TPSA) is 60.7 Å². The number of hydrogen-bond donors (Lipinski definition) is 0. The molecular weight excluding hydrogens is 500 g/mol. The molecule has 1 aliphatic heterocycles. The van der Waals surface area contributed by atoms with Crippen LogP contribution in [0.3, 0.4) is 0 Å². The minimum absolute atomic E-state index is 0.183. The molecule has 0 fully saturated rings. The molecule has 1 aromatic heterocycles. The third-order valence-electron chi connectivity index (χ3n) is 6.18. The molecule has 0 aliphatic carbocycles. The number of aryl methyl sites for hydroxylation is 1. The van der Waals surface area contributed by atoms with E-state index in [0.29, 0.717) is 20.6 Å². The number of thioether (sulfide) groups is 1. The SMILES string of the molecule is CCOC(=O)C1=C(c2ccccc2)N=c2s/c(=C\c3ccc(C)cc3)c(=O)n2[C@@H]1c1ccc(SC)cc1. The van der Waals surface area contributed by atoms with Crippen molar-refractivity contribution in [1.29, 1.82) is 0 Å². The highest BCUT2D eigenvalue weighted by Crippen LogP contribution is 2.35. The van der Waals surface area contributed by atoms with E-state index >= 15 is 0 Å². The molecule has 7 heteroatoms. The predicted molar refractivity (Wildman–Crippen MR) is 150 cm³/mol. The Bertz CT molecular complexity index is 1650. The van der Waals surface area contributed by atoms with Gasteiger partial charge in [0.15, 0.2) is 4.80 Å². The fourth-order valence-electron chi connectivity index (χ4n) is 4.36. The highest BCUT2D eigenvalue weighted by Gasteiger charge is 2.35. The van der Waals surface area contributed by atoms with Crippen molar-refractivity contribution in [2.75, 3.05) is 12.9 Å². The van der Waals surface area contributed by atoms with Gasteiger partial charge in [0.1, 0.15) is 0 Å². The summed E-state index contributed by atoms with van der Waals surface area (Å²) in [5, 5.41) is 0. The molecule has 1 aliphatic rings. The quantitative estimate of drug-likeness (QED) is 0.263. The fourth-order valence-corrected chi connectivity index (χ4v) is 5.77. The minimum atomic E-state index is -0.665. The normalized spacial score (nSPS) is 15.3. The van der Waals surface area contributed by atoms with Gasteiger partial charge < -0.3 is 4.74 Å². The molecule has 0 spiro atoms. The molecular formula is C30H26N2O3S2. The van der Waals surface area contributed by atoms with Crippen LogP contribution in [0.4, 0.5) is 0 Å². The molecule has 5 rings (SSSR count). The number of hydrogen-bond acceptors (Lipinski definition) is 6. The van der Waals surface area contributed by atoms with E-state index in [1.54, 1.807) is 23.3 Å². The average molecular weight is 527 g/mol. The first-order valence-corrected chi connectivity index (χ1v) is 14.0. The van der Waals surface area contributed by atoms with Crippen molar-refractivity contribution < 1.29 is 9.53 Å². The van der Waals surface area contributed by atoms with Gasteiger partial charge in [-0.15, -0.1) is 11.8 Å². The smallest absolute Gasteiger partial charge is 0.338 e. The number of benzene rings is 3. The lowest BCUT2D eigenvalue weighted by atomic mass is 9.93. The van der Waals surface area contributed by atoms with E-state index in [2.05, 4.69) is 0 Å². The first kappa shape index (κ1) is 25.0. The van der Waals surface area contributed by atoms with Crippen LogP contribution < -0.4 is 14.9 Å². The zero-order valence-corrected chi connectivity index (χ0v) is 22.4. The predicted octanol–water partition coefficient (Wildman–Crippen LogP) is 4.97. The molecule has 0 saturated carbocycles. The van der Waals surface area contributed by atoms with Crippen LogP contribution in [0.1, 0.15) is 35.2 Å². The third-order valence-corrected chi connectivity index (χ3v) is 7.91. The van der Waals surface area contributed by atoms with Crippen molar-refractivity contribution >= 4 is 40.8 Å². The summed E-state index contributed by atoms with van der Waals surface area (Å²) in [5.74, 6) is -0.475. The van der Waals surface area contributed by atoms with Crippen LogP contribution in [-0.4, -0.2) is 23.4 Å². The number of thiazole rings is 1. The molecule has 186 valence electrons. The van der Waals surface area contributed by atoms with Crippen LogP contribution in [0.2, 0.25) is 0 Å². The summed E-state index contributed by atoms with van der Waals surface area (Å²) in [6, 6.07) is 24.9. The Hall–Kier alpha value is -3.68. The monoisotopic (exact) mass is 526 g/mol. The van der Waals surface area contributed by atoms with Gasteiger partial charge in [-0.3, -0.25) is 9.36 Å². The second-order valence-corrected chi connectivity index (χ2v) is 10.5. The molecule has 4 aromatic rings. The lowest BCUT2D eigenvalue weighted by molar-refractivity contribution is -0.138. The van der Waals surface area contributed by atoms with Crippen molar-refractivity contribution in [2.24, 2.45) is 4.99 Å². The zero-order valence-electron chi connectivity index (χ0n) is 20.8. The summed E-state index contributed by atoms with van der Waals surface area (Å²) in [4.78, 5) is 33.9. The minimum Gasteiger partial charge on any atom is -0.463 e. The van der Waals surface area contributed by atoms with E-state index in [-0.39, 0.29) is 12.2 Å². The molecule has 5 nitrogen and oxygen atoms in total. The highest BCUT2D eigenvalue weighted by molar-refractivity contribution is 7.98. The molecule has 1 atom stereocenters. The Labute approximate surface area is 223 Å². The second-order valence-electron chi connectivity index (χ2n) is 8.62. The van der Waals surface area contributed by atoms with Crippen LogP contribution in [0.15, 0.2) is 99.1 Å². The first-order chi connectivity index (χ1) is 18.0. The van der Waals surface area contributed by atoms with Crippen LogP contribution in [0, 0.1) is 6.92 Å². The maximum atomic E-state index is 13.9. The van der Waals surface area contributed by atoms with Crippen molar-refractivity contribution in [2.45, 2.75) is 24.8 Å². The van der Waals surface area contributed by atoms with Crippen molar-refractivity contribution in [3.63, 3.8) is 0 Å². The van der Waals surface area contributed by atoms with E-state index in [4.69, 9.17) is 9.73 Å². The van der Waals surface area contributed by atoms with Crippen LogP contribution >= 0.6 is 23.1 Å². The van der Waals surface area contributed by atoms with Gasteiger partial charge in [0.25, 0.3) is 5.56 Å². The number of nitrogens with zero attached hydrogens (tertiary/aromatic N) is 2. The lowest BCUT2D eigenvalue weighted by Crippen LogP contribution is -2.40. The number of ether oxygens (including phenoxy) is 1. The third kappa shape index (κ3) is 4.97. The summed E-state index contributed by atoms with van der Waals surface area (Å²) >= 11 is 2.97. The van der Waals surface area contributed by atoms with Gasteiger partial charge in [-0.1, -0.05) is 83.6 Å². The van der Waals surface area contributed by atoms with Gasteiger partial charge in [-0.05, 0) is 49.4 Å². The van der Waals surface area contributed by atoms with Gasteiger partial charge in [0.05, 0.1) is 28.5 Å². The van der Waals surface area contributed by atoms with Gasteiger partial charge in [0, 0.05) is 10.5 Å². The van der Waals surface area contributed by atoms with Crippen molar-refractivity contribution in [3.05, 3.63) is 126 Å². The summed E-state index contributed by atoms with van der Waals surface area (Å²) in [7, 11) is 0. The Balaban J connectivity index is 1.81. The van der Waals surface area contributed by atoms with Gasteiger partial charge >= 0.3 is 5.97 Å². The largest absolute Gasteiger partial charge is 0.463 e. The Kier molecular flexibility index (Phi) is 7.26. The van der Waals surface area contributed by atoms with Gasteiger partial charge in [-0.25, -0.2) is 9.79 Å². The Morgan fingerprint density at radius 2 is 1.76 bits per heavy atom. The molecule has 0 N–H and O–H groups in total. The Morgan fingerprint density at radius 3 is 2.41 bits per heavy atom. The molecule has 0 bridgehead atoms. The van der Waals surface area contributed by atoms with E-state index in [0.717, 1.165) is 27.1 Å². The number of carbonyl (C=O) groups is 1. The first-order valence-electron chi connectivity index (χ1n) is 12.0. The highest BCUT2D eigenvalue weighted by atomic mass is 32.2. The van der Waals surface area contributed by atoms with Crippen LogP contribution in [0.25, 0.3) is 11.8 Å². The molecule has 3 aromatic carbocycles. The van der Waals surface area contributed by atoms with E-state index < -0.39 is 12.0 Å². The zero-order chi connectivity index (χ0) is 25.9. The summed E-state index contributed by atoms with van der Waals surface area (Å²) in [6.07, 6.45) is 3.90. The number of carbonyl (C=O) groups excluding carboxylic acids is 1. The molecule has 2 heterocycles. The van der Waals surface area contributed by atoms with Crippen molar-refractivity contribution in [1.82, 2.24) is 4.57 Å². The standard InChI is InChI=1S/C30H26N2O3S2/c1-4-35-29(34)25-26(21-8-6-5-7-9-21)31-30-32(27(25)22-14-16-23(36-3)17-15-22)28(33)24(37-30)18-20-12-10-19(2)11-13-20/h5-18,27H,4H2,1-3H3/b24-18-/t27-/m1/s1. The lowest BCUT2D eigenvalue weighted by Gasteiger charge is -2.26. The molecule has 0 amide bonds. The van der Waals surface area contributed by atoms with Gasteiger partial charge in [0.2, 0.25) is 0 Å². The van der Waals surface area contributed by atoms with Gasteiger partial charge in [-0.2, -0.15) is 0 Å². The molecule has 0 unspecified atom stereocenters. The number of esters is 1. The number of fused-ring (bicyclic) bond motifs is 1. The second kappa shape index (κ2) is 10.7. The molecule has 37 heavy (non-hydrogen) atoms. The summed E-state index contributed by atoms with van der Waals surface area (Å²) in [5.41, 5.74) is 4.42. The molecule has 0 saturated heterocycles. The van der Waals surface area contributed by atoms with Crippen LogP contribution in [-0.2, 0) is 9.53 Å². The molecule has 0 radical (unpaired) electrons.